The van der Waals surface area contributed by atoms with Crippen molar-refractivity contribution < 1.29 is 8.83 Å². The number of furan rings is 1. The van der Waals surface area contributed by atoms with Crippen molar-refractivity contribution in [2.45, 2.75) is 23.3 Å². The van der Waals surface area contributed by atoms with Gasteiger partial charge in [0.05, 0.1) is 17.9 Å². The summed E-state index contributed by atoms with van der Waals surface area (Å²) in [4.78, 5) is 4.07. The van der Waals surface area contributed by atoms with Gasteiger partial charge in [-0.25, -0.2) is 0 Å². The van der Waals surface area contributed by atoms with Gasteiger partial charge in [-0.3, -0.25) is 9.55 Å². The van der Waals surface area contributed by atoms with E-state index in [9.17, 15) is 0 Å². The predicted molar refractivity (Wildman–Crippen MR) is 100 cm³/mol. The highest BCUT2D eigenvalue weighted by Gasteiger charge is 2.29. The number of aryl methyl sites for hydroxylation is 1. The molecule has 1 aliphatic rings. The van der Waals surface area contributed by atoms with Gasteiger partial charge in [0.15, 0.2) is 11.0 Å². The fourth-order valence-corrected chi connectivity index (χ4v) is 4.99. The number of aromatic nitrogens is 6. The third-order valence-electron chi connectivity index (χ3n) is 4.27. The number of fused-ring (bicyclic) bond motifs is 1. The van der Waals surface area contributed by atoms with Crippen molar-refractivity contribution in [2.24, 2.45) is 0 Å². The average Bonchev–Trinajstić information content (AvgIpc) is 3.45. The number of hydrogen-bond donors (Lipinski definition) is 0. The summed E-state index contributed by atoms with van der Waals surface area (Å²) in [6, 6.07) is 5.97. The molecule has 0 bridgehead atoms. The van der Waals surface area contributed by atoms with Crippen molar-refractivity contribution in [1.29, 1.82) is 0 Å². The lowest BCUT2D eigenvalue weighted by atomic mass is 10.2. The van der Waals surface area contributed by atoms with Crippen molar-refractivity contribution >= 4 is 23.5 Å². The molecular weight excluding hydrogens is 384 g/mol. The molecule has 5 rings (SSSR count). The summed E-state index contributed by atoms with van der Waals surface area (Å²) in [7, 11) is 0. The molecule has 27 heavy (non-hydrogen) atoms. The minimum atomic E-state index is 0.249. The maximum absolute atomic E-state index is 5.78. The van der Waals surface area contributed by atoms with Crippen LogP contribution in [0.25, 0.3) is 22.8 Å². The Hall–Kier alpha value is -2.59. The monoisotopic (exact) mass is 398 g/mol. The van der Waals surface area contributed by atoms with Gasteiger partial charge >= 0.3 is 0 Å². The van der Waals surface area contributed by atoms with Crippen molar-refractivity contribution in [3.63, 3.8) is 0 Å². The SMILES string of the molecule is Cc1occc1-c1nnc(SC[C@@H]2CSc3nnc(-c4ccncc4)n32)o1. The van der Waals surface area contributed by atoms with E-state index < -0.39 is 0 Å². The van der Waals surface area contributed by atoms with E-state index in [4.69, 9.17) is 8.83 Å². The number of thioether (sulfide) groups is 2. The quantitative estimate of drug-likeness (QED) is 0.466. The Morgan fingerprint density at radius 2 is 2.07 bits per heavy atom. The molecule has 10 heteroatoms. The van der Waals surface area contributed by atoms with Crippen LogP contribution in [0.4, 0.5) is 0 Å². The van der Waals surface area contributed by atoms with Gasteiger partial charge in [0, 0.05) is 29.5 Å². The van der Waals surface area contributed by atoms with E-state index >= 15 is 0 Å². The minimum Gasteiger partial charge on any atom is -0.469 e. The van der Waals surface area contributed by atoms with Gasteiger partial charge in [-0.2, -0.15) is 0 Å². The summed E-state index contributed by atoms with van der Waals surface area (Å²) in [6.07, 6.45) is 5.15. The summed E-state index contributed by atoms with van der Waals surface area (Å²) >= 11 is 3.25. The molecule has 0 saturated carbocycles. The first-order valence-corrected chi connectivity index (χ1v) is 10.3. The Morgan fingerprint density at radius 1 is 1.19 bits per heavy atom. The highest BCUT2D eigenvalue weighted by molar-refractivity contribution is 8.00. The molecule has 0 N–H and O–H groups in total. The second kappa shape index (κ2) is 6.86. The van der Waals surface area contributed by atoms with Crippen LogP contribution in [0.15, 0.2) is 56.1 Å². The summed E-state index contributed by atoms with van der Waals surface area (Å²) in [5.41, 5.74) is 1.84. The van der Waals surface area contributed by atoms with E-state index in [2.05, 4.69) is 29.9 Å². The average molecular weight is 398 g/mol. The number of pyridine rings is 1. The van der Waals surface area contributed by atoms with Gasteiger partial charge in [0.1, 0.15) is 5.76 Å². The van der Waals surface area contributed by atoms with Crippen LogP contribution in [0.5, 0.6) is 0 Å². The third-order valence-corrected chi connectivity index (χ3v) is 6.32. The van der Waals surface area contributed by atoms with Crippen LogP contribution in [-0.2, 0) is 0 Å². The molecule has 136 valence electrons. The zero-order valence-corrected chi connectivity index (χ0v) is 15.9. The Morgan fingerprint density at radius 3 is 2.89 bits per heavy atom. The number of nitrogens with zero attached hydrogens (tertiary/aromatic N) is 6. The van der Waals surface area contributed by atoms with Crippen LogP contribution >= 0.6 is 23.5 Å². The lowest BCUT2D eigenvalue weighted by Crippen LogP contribution is -2.11. The molecule has 0 amide bonds. The van der Waals surface area contributed by atoms with Crippen LogP contribution in [0.2, 0.25) is 0 Å². The van der Waals surface area contributed by atoms with Gasteiger partial charge < -0.3 is 8.83 Å². The standard InChI is InChI=1S/C17H14N6O2S2/c1-10-13(4-7-24-10)15-20-22-17(25-15)27-9-12-8-26-16-21-19-14(23(12)16)11-2-5-18-6-3-11/h2-7,12H,8-9H2,1H3/t12-/m0/s1. The molecule has 4 aromatic rings. The van der Waals surface area contributed by atoms with Crippen molar-refractivity contribution in [3.05, 3.63) is 42.6 Å². The van der Waals surface area contributed by atoms with Crippen molar-refractivity contribution in [2.75, 3.05) is 11.5 Å². The Kier molecular flexibility index (Phi) is 4.21. The second-order valence-electron chi connectivity index (χ2n) is 5.95. The molecule has 0 fully saturated rings. The normalized spacial score (nSPS) is 16.0. The summed E-state index contributed by atoms with van der Waals surface area (Å²) in [5, 5.41) is 18.4. The van der Waals surface area contributed by atoms with Crippen LogP contribution in [-0.4, -0.2) is 41.5 Å². The van der Waals surface area contributed by atoms with E-state index in [0.29, 0.717) is 11.1 Å². The molecule has 0 unspecified atom stereocenters. The highest BCUT2D eigenvalue weighted by atomic mass is 32.2. The first kappa shape index (κ1) is 16.6. The first-order valence-electron chi connectivity index (χ1n) is 8.28. The highest BCUT2D eigenvalue weighted by Crippen LogP contribution is 2.39. The Bertz CT molecular complexity index is 1070. The lowest BCUT2D eigenvalue weighted by molar-refractivity contribution is 0.462. The topological polar surface area (TPSA) is 95.7 Å². The molecular formula is C17H14N6O2S2. The maximum Gasteiger partial charge on any atom is 0.276 e. The van der Waals surface area contributed by atoms with Crippen molar-refractivity contribution in [1.82, 2.24) is 29.9 Å². The maximum atomic E-state index is 5.78. The predicted octanol–water partition coefficient (Wildman–Crippen LogP) is 3.73. The molecule has 8 nitrogen and oxygen atoms in total. The van der Waals surface area contributed by atoms with E-state index in [1.807, 2.05) is 25.1 Å². The largest absolute Gasteiger partial charge is 0.469 e. The van der Waals surface area contributed by atoms with Gasteiger partial charge in [-0.05, 0) is 25.1 Å². The van der Waals surface area contributed by atoms with E-state index in [0.717, 1.165) is 39.4 Å². The molecule has 1 atom stereocenters. The zero-order chi connectivity index (χ0) is 18.2. The summed E-state index contributed by atoms with van der Waals surface area (Å²) < 4.78 is 13.3. The van der Waals surface area contributed by atoms with Gasteiger partial charge in [0.25, 0.3) is 11.1 Å². The fourth-order valence-electron chi connectivity index (χ4n) is 2.92. The lowest BCUT2D eigenvalue weighted by Gasteiger charge is -2.12. The summed E-state index contributed by atoms with van der Waals surface area (Å²) in [6.45, 7) is 1.87. The smallest absolute Gasteiger partial charge is 0.276 e. The minimum absolute atomic E-state index is 0.249. The van der Waals surface area contributed by atoms with Crippen LogP contribution in [0.3, 0.4) is 0 Å². The number of hydrogen-bond acceptors (Lipinski definition) is 9. The Balaban J connectivity index is 1.34. The Labute approximate surface area is 162 Å². The van der Waals surface area contributed by atoms with E-state index in [1.165, 1.54) is 11.8 Å². The molecule has 4 aromatic heterocycles. The second-order valence-corrected chi connectivity index (χ2v) is 7.91. The van der Waals surface area contributed by atoms with Gasteiger partial charge in [0.2, 0.25) is 0 Å². The molecule has 0 aromatic carbocycles. The zero-order valence-electron chi connectivity index (χ0n) is 14.3. The molecule has 5 heterocycles. The third kappa shape index (κ3) is 3.04. The van der Waals surface area contributed by atoms with Crippen LogP contribution in [0.1, 0.15) is 11.8 Å². The van der Waals surface area contributed by atoms with Crippen LogP contribution in [0, 0.1) is 6.92 Å². The van der Waals surface area contributed by atoms with Gasteiger partial charge in [-0.1, -0.05) is 23.5 Å². The summed E-state index contributed by atoms with van der Waals surface area (Å²) in [5.74, 6) is 3.84. The molecule has 1 aliphatic heterocycles. The number of rotatable bonds is 5. The van der Waals surface area contributed by atoms with Crippen molar-refractivity contribution in [3.8, 4) is 22.8 Å². The molecule has 0 aliphatic carbocycles. The van der Waals surface area contributed by atoms with Crippen LogP contribution < -0.4 is 0 Å². The fraction of sp³-hybridized carbons (Fsp3) is 0.235. The first-order chi connectivity index (χ1) is 13.3. The van der Waals surface area contributed by atoms with E-state index in [-0.39, 0.29) is 6.04 Å². The molecule has 0 spiro atoms. The van der Waals surface area contributed by atoms with E-state index in [1.54, 1.807) is 30.4 Å². The van der Waals surface area contributed by atoms with Gasteiger partial charge in [-0.15, -0.1) is 20.4 Å². The molecule has 0 saturated heterocycles. The molecule has 0 radical (unpaired) electrons.